The lowest BCUT2D eigenvalue weighted by Crippen LogP contribution is -2.80. The maximum Gasteiger partial charge on any atom is 0.434 e. The van der Waals surface area contributed by atoms with Crippen LogP contribution in [0.3, 0.4) is 0 Å². The highest BCUT2D eigenvalue weighted by molar-refractivity contribution is 5.87. The third-order valence-electron chi connectivity index (χ3n) is 5.80. The van der Waals surface area contributed by atoms with Crippen molar-refractivity contribution in [1.29, 1.82) is 0 Å². The van der Waals surface area contributed by atoms with Gasteiger partial charge in [0.05, 0.1) is 0 Å². The molecule has 174 valence electrons. The zero-order valence-electron chi connectivity index (χ0n) is 16.2. The van der Waals surface area contributed by atoms with Gasteiger partial charge in [0.1, 0.15) is 0 Å². The van der Waals surface area contributed by atoms with Crippen molar-refractivity contribution in [3.05, 3.63) is 12.2 Å². The molecule has 0 aromatic rings. The zero-order chi connectivity index (χ0) is 23.4. The van der Waals surface area contributed by atoms with Gasteiger partial charge < -0.3 is 14.6 Å². The number of carbonyl (C=O) groups is 1. The van der Waals surface area contributed by atoms with E-state index < -0.39 is 59.1 Å². The summed E-state index contributed by atoms with van der Waals surface area (Å²) in [5.74, 6) is -13.3. The Hall–Kier alpha value is -1.43. The van der Waals surface area contributed by atoms with Crippen LogP contribution in [0.15, 0.2) is 12.2 Å². The Morgan fingerprint density at radius 1 is 1.07 bits per heavy atom. The molecule has 1 saturated heterocycles. The topological polar surface area (TPSA) is 55.8 Å². The van der Waals surface area contributed by atoms with Gasteiger partial charge in [-0.3, -0.25) is 0 Å². The van der Waals surface area contributed by atoms with E-state index in [4.69, 9.17) is 0 Å². The average Bonchev–Trinajstić information content (AvgIpc) is 2.57. The Bertz CT molecular complexity index is 693. The van der Waals surface area contributed by atoms with E-state index in [1.54, 1.807) is 0 Å². The second-order valence-corrected chi connectivity index (χ2v) is 8.05. The first-order valence-electron chi connectivity index (χ1n) is 9.17. The minimum atomic E-state index is -6.18. The van der Waals surface area contributed by atoms with E-state index in [1.165, 1.54) is 0 Å². The third-order valence-corrected chi connectivity index (χ3v) is 5.80. The molecule has 3 atom stereocenters. The molecule has 0 spiro atoms. The molecule has 1 aliphatic carbocycles. The maximum absolute atomic E-state index is 15.0. The number of hydrogen-bond donors (Lipinski definition) is 1. The number of ether oxygens (including phenoxy) is 2. The highest BCUT2D eigenvalue weighted by atomic mass is 19.4. The normalized spacial score (nSPS) is 35.7. The van der Waals surface area contributed by atoms with E-state index in [0.717, 1.165) is 6.92 Å². The van der Waals surface area contributed by atoms with Gasteiger partial charge in [0.25, 0.3) is 5.60 Å². The van der Waals surface area contributed by atoms with E-state index in [2.05, 4.69) is 16.1 Å². The molecule has 0 amide bonds. The van der Waals surface area contributed by atoms with Crippen molar-refractivity contribution >= 4 is 5.97 Å². The predicted octanol–water partition coefficient (Wildman–Crippen LogP) is 5.05. The summed E-state index contributed by atoms with van der Waals surface area (Å²) >= 11 is 0. The third kappa shape index (κ3) is 3.59. The van der Waals surface area contributed by atoms with Gasteiger partial charge in [-0.2, -0.15) is 35.1 Å². The fraction of sp³-hybridized carbons (Fsp3) is 0.833. The molecule has 1 aliphatic heterocycles. The van der Waals surface area contributed by atoms with Gasteiger partial charge in [0, 0.05) is 12.0 Å². The Morgan fingerprint density at radius 2 is 1.57 bits per heavy atom. The maximum atomic E-state index is 15.0. The minimum absolute atomic E-state index is 0.00453. The van der Waals surface area contributed by atoms with E-state index >= 15 is 0 Å². The van der Waals surface area contributed by atoms with Gasteiger partial charge in [-0.05, 0) is 32.6 Å². The van der Waals surface area contributed by atoms with Gasteiger partial charge in [0.15, 0.2) is 5.60 Å². The molecule has 4 nitrogen and oxygen atoms in total. The van der Waals surface area contributed by atoms with Crippen molar-refractivity contribution in [3.63, 3.8) is 0 Å². The number of carbonyl (C=O) groups excluding carboxylic acids is 1. The average molecular weight is 454 g/mol. The molecule has 2 fully saturated rings. The Kier molecular flexibility index (Phi) is 6.06. The lowest BCUT2D eigenvalue weighted by Gasteiger charge is -2.58. The summed E-state index contributed by atoms with van der Waals surface area (Å²) in [4.78, 5) is 11.8. The molecule has 1 saturated carbocycles. The summed E-state index contributed by atoms with van der Waals surface area (Å²) in [5.41, 5.74) is -9.55. The van der Waals surface area contributed by atoms with Crippen LogP contribution >= 0.6 is 0 Å². The molecule has 0 aromatic carbocycles. The molecule has 2 aliphatic rings. The summed E-state index contributed by atoms with van der Waals surface area (Å²) in [5, 5.41) is 10.1. The summed E-state index contributed by atoms with van der Waals surface area (Å²) in [6.07, 6.45) is -13.8. The smallest absolute Gasteiger partial charge is 0.434 e. The second-order valence-electron chi connectivity index (χ2n) is 8.05. The lowest BCUT2D eigenvalue weighted by molar-refractivity contribution is -0.494. The van der Waals surface area contributed by atoms with Crippen LogP contribution in [0.5, 0.6) is 0 Å². The van der Waals surface area contributed by atoms with Crippen molar-refractivity contribution in [2.45, 2.75) is 87.6 Å². The van der Waals surface area contributed by atoms with Gasteiger partial charge >= 0.3 is 24.2 Å². The molecule has 0 bridgehead atoms. The lowest BCUT2D eigenvalue weighted by atomic mass is 9.66. The van der Waals surface area contributed by atoms with Crippen LogP contribution in [0.25, 0.3) is 0 Å². The fourth-order valence-corrected chi connectivity index (χ4v) is 4.18. The van der Waals surface area contributed by atoms with Crippen LogP contribution in [0.4, 0.5) is 35.1 Å². The van der Waals surface area contributed by atoms with Crippen LogP contribution < -0.4 is 0 Å². The Morgan fingerprint density at radius 3 is 1.97 bits per heavy atom. The highest BCUT2D eigenvalue weighted by Crippen LogP contribution is 2.64. The van der Waals surface area contributed by atoms with E-state index in [1.807, 2.05) is 0 Å². The fourth-order valence-electron chi connectivity index (χ4n) is 4.18. The molecule has 0 radical (unpaired) electrons. The number of halogens is 8. The molecule has 1 N–H and O–H groups in total. The molecule has 2 rings (SSSR count). The molecular formula is C18H22F8O4. The van der Waals surface area contributed by atoms with Crippen LogP contribution in [0.2, 0.25) is 0 Å². The first-order valence-corrected chi connectivity index (χ1v) is 9.17. The molecule has 1 heterocycles. The number of hydrogen-bond acceptors (Lipinski definition) is 4. The van der Waals surface area contributed by atoms with E-state index in [0.29, 0.717) is 6.42 Å². The quantitative estimate of drug-likeness (QED) is 0.368. The second kappa shape index (κ2) is 7.32. The molecule has 30 heavy (non-hydrogen) atoms. The van der Waals surface area contributed by atoms with Crippen molar-refractivity contribution in [2.24, 2.45) is 5.92 Å². The predicted molar refractivity (Wildman–Crippen MR) is 86.3 cm³/mol. The van der Waals surface area contributed by atoms with Crippen LogP contribution in [0.1, 0.15) is 52.4 Å². The summed E-state index contributed by atoms with van der Waals surface area (Å²) < 4.78 is 123. The van der Waals surface area contributed by atoms with Crippen molar-refractivity contribution in [2.75, 3.05) is 0 Å². The van der Waals surface area contributed by atoms with Crippen LogP contribution in [-0.4, -0.2) is 46.3 Å². The monoisotopic (exact) mass is 454 g/mol. The highest BCUT2D eigenvalue weighted by Gasteiger charge is 2.87. The Balaban J connectivity index is 2.80. The first-order chi connectivity index (χ1) is 13.3. The number of rotatable bonds is 3. The van der Waals surface area contributed by atoms with Gasteiger partial charge in [-0.1, -0.05) is 25.8 Å². The molecule has 12 heteroatoms. The van der Waals surface area contributed by atoms with E-state index in [9.17, 15) is 45.0 Å². The van der Waals surface area contributed by atoms with Gasteiger partial charge in [-0.25, -0.2) is 4.79 Å². The molecular weight excluding hydrogens is 432 g/mol. The van der Waals surface area contributed by atoms with Crippen molar-refractivity contribution in [3.8, 4) is 0 Å². The molecule has 0 aromatic heterocycles. The summed E-state index contributed by atoms with van der Waals surface area (Å²) in [6, 6.07) is 0. The minimum Gasteiger partial charge on any atom is -0.439 e. The number of esters is 1. The summed E-state index contributed by atoms with van der Waals surface area (Å²) in [6.45, 7) is 3.84. The number of aliphatic hydroxyl groups is 1. The van der Waals surface area contributed by atoms with Crippen molar-refractivity contribution < 1.29 is 54.5 Å². The summed E-state index contributed by atoms with van der Waals surface area (Å²) in [7, 11) is 0. The number of alkyl halides is 8. The van der Waals surface area contributed by atoms with E-state index in [-0.39, 0.29) is 32.6 Å². The van der Waals surface area contributed by atoms with Crippen LogP contribution in [0, 0.1) is 5.92 Å². The SMILES string of the molecule is C=C(C)C(=O)OC1(C(F)(F)F)CC(C2CCCCC2)(C(F)(F)F)OC(C)(O)C1(F)F. The van der Waals surface area contributed by atoms with Gasteiger partial charge in [-0.15, -0.1) is 0 Å². The van der Waals surface area contributed by atoms with Gasteiger partial charge in [0.2, 0.25) is 5.79 Å². The van der Waals surface area contributed by atoms with Crippen LogP contribution in [-0.2, 0) is 14.3 Å². The zero-order valence-corrected chi connectivity index (χ0v) is 16.2. The first kappa shape index (κ1) is 24.8. The van der Waals surface area contributed by atoms with Crippen molar-refractivity contribution in [1.82, 2.24) is 0 Å². The Labute approximate surface area is 167 Å². The largest absolute Gasteiger partial charge is 0.439 e. The standard InChI is InChI=1S/C18H22F8O4/c1-10(2)12(27)29-15(18(24,25)26)9-14(17(21,22)23,11-7-5-4-6-8-11)30-13(3,28)16(15,19)20/h11,28H,1,4-9H2,2-3H3. The molecule has 3 unspecified atom stereocenters.